The highest BCUT2D eigenvalue weighted by Crippen LogP contribution is 2.18. The van der Waals surface area contributed by atoms with E-state index >= 15 is 0 Å². The molecule has 4 heteroatoms. The summed E-state index contributed by atoms with van der Waals surface area (Å²) in [6, 6.07) is 6.04. The minimum Gasteiger partial charge on any atom is -0.329 e. The molecule has 2 N–H and O–H groups in total. The van der Waals surface area contributed by atoms with E-state index in [0.29, 0.717) is 13.1 Å². The van der Waals surface area contributed by atoms with Crippen molar-refractivity contribution >= 4 is 21.6 Å². The van der Waals surface area contributed by atoms with Gasteiger partial charge in [0.05, 0.1) is 10.2 Å². The maximum absolute atomic E-state index is 11.6. The molecule has 0 radical (unpaired) electrons. The zero-order chi connectivity index (χ0) is 10.1. The van der Waals surface area contributed by atoms with Gasteiger partial charge in [0.2, 0.25) is 0 Å². The summed E-state index contributed by atoms with van der Waals surface area (Å²) in [6.07, 6.45) is 0. The summed E-state index contributed by atoms with van der Waals surface area (Å²) >= 11 is 1.28. The molecule has 0 atom stereocenters. The van der Waals surface area contributed by atoms with E-state index < -0.39 is 0 Å². The molecule has 3 nitrogen and oxygen atoms in total. The van der Waals surface area contributed by atoms with Crippen molar-refractivity contribution in [1.82, 2.24) is 4.57 Å². The molecular weight excluding hydrogens is 196 g/mol. The molecule has 1 heterocycles. The third-order valence-electron chi connectivity index (χ3n) is 2.18. The van der Waals surface area contributed by atoms with Crippen molar-refractivity contribution < 1.29 is 0 Å². The molecule has 74 valence electrons. The number of aromatic nitrogens is 1. The maximum Gasteiger partial charge on any atom is 0.308 e. The predicted molar refractivity (Wildman–Crippen MR) is 59.9 cm³/mol. The lowest BCUT2D eigenvalue weighted by molar-refractivity contribution is 0.721. The van der Waals surface area contributed by atoms with Gasteiger partial charge in [-0.15, -0.1) is 0 Å². The summed E-state index contributed by atoms with van der Waals surface area (Å²) in [6.45, 7) is 3.12. The Hall–Kier alpha value is -1.13. The van der Waals surface area contributed by atoms with Gasteiger partial charge in [-0.05, 0) is 24.6 Å². The first-order chi connectivity index (χ1) is 6.72. The lowest BCUT2D eigenvalue weighted by Gasteiger charge is -2.00. The van der Waals surface area contributed by atoms with E-state index in [9.17, 15) is 4.79 Å². The molecule has 0 aliphatic rings. The minimum absolute atomic E-state index is 0.0797. The van der Waals surface area contributed by atoms with Crippen molar-refractivity contribution in [2.24, 2.45) is 5.73 Å². The standard InChI is InChI=1S/C10H12N2OS/c1-7-2-3-9-8(6-7)12(5-4-11)10(13)14-9/h2-3,6H,4-5,11H2,1H3. The Morgan fingerprint density at radius 1 is 1.50 bits per heavy atom. The van der Waals surface area contributed by atoms with E-state index in [4.69, 9.17) is 5.73 Å². The number of nitrogens with two attached hydrogens (primary N) is 1. The van der Waals surface area contributed by atoms with Gasteiger partial charge in [-0.25, -0.2) is 0 Å². The van der Waals surface area contributed by atoms with Crippen LogP contribution < -0.4 is 10.6 Å². The smallest absolute Gasteiger partial charge is 0.308 e. The minimum atomic E-state index is 0.0797. The first-order valence-corrected chi connectivity index (χ1v) is 5.34. The van der Waals surface area contributed by atoms with Crippen LogP contribution in [0.25, 0.3) is 10.2 Å². The summed E-state index contributed by atoms with van der Waals surface area (Å²) in [5, 5.41) is 0. The van der Waals surface area contributed by atoms with Crippen LogP contribution in [0, 0.1) is 6.92 Å². The predicted octanol–water partition coefficient (Wildman–Crippen LogP) is 1.33. The molecule has 0 bridgehead atoms. The topological polar surface area (TPSA) is 48.0 Å². The molecule has 0 aliphatic carbocycles. The molecule has 14 heavy (non-hydrogen) atoms. The largest absolute Gasteiger partial charge is 0.329 e. The van der Waals surface area contributed by atoms with Crippen LogP contribution in [0.2, 0.25) is 0 Å². The average Bonchev–Trinajstić information content (AvgIpc) is 2.45. The molecule has 0 saturated heterocycles. The Bertz CT molecular complexity index is 512. The van der Waals surface area contributed by atoms with Gasteiger partial charge in [0.1, 0.15) is 0 Å². The molecule has 1 aromatic heterocycles. The highest BCUT2D eigenvalue weighted by atomic mass is 32.1. The van der Waals surface area contributed by atoms with Gasteiger partial charge in [0.25, 0.3) is 0 Å². The van der Waals surface area contributed by atoms with E-state index in [1.807, 2.05) is 25.1 Å². The maximum atomic E-state index is 11.6. The normalized spacial score (nSPS) is 11.0. The van der Waals surface area contributed by atoms with Crippen molar-refractivity contribution in [2.75, 3.05) is 6.54 Å². The summed E-state index contributed by atoms with van der Waals surface area (Å²) < 4.78 is 2.78. The molecule has 0 amide bonds. The van der Waals surface area contributed by atoms with Gasteiger partial charge in [-0.3, -0.25) is 9.36 Å². The second-order valence-electron chi connectivity index (χ2n) is 3.28. The van der Waals surface area contributed by atoms with Crippen molar-refractivity contribution in [3.8, 4) is 0 Å². The van der Waals surface area contributed by atoms with Crippen molar-refractivity contribution in [2.45, 2.75) is 13.5 Å². The number of thiazole rings is 1. The van der Waals surface area contributed by atoms with Gasteiger partial charge in [-0.1, -0.05) is 17.4 Å². The third kappa shape index (κ3) is 1.47. The molecule has 0 saturated carbocycles. The molecule has 0 aliphatic heterocycles. The average molecular weight is 208 g/mol. The highest BCUT2D eigenvalue weighted by molar-refractivity contribution is 7.16. The number of hydrogen-bond donors (Lipinski definition) is 1. The van der Waals surface area contributed by atoms with Gasteiger partial charge >= 0.3 is 4.87 Å². The van der Waals surface area contributed by atoms with Gasteiger partial charge < -0.3 is 5.73 Å². The Balaban J connectivity index is 2.73. The van der Waals surface area contributed by atoms with Crippen LogP contribution in [-0.2, 0) is 6.54 Å². The molecular formula is C10H12N2OS. The first kappa shape index (κ1) is 9.43. The van der Waals surface area contributed by atoms with E-state index in [1.165, 1.54) is 16.9 Å². The molecule has 1 aromatic carbocycles. The summed E-state index contributed by atoms with van der Waals surface area (Å²) in [7, 11) is 0. The zero-order valence-electron chi connectivity index (χ0n) is 7.99. The van der Waals surface area contributed by atoms with Crippen LogP contribution in [0.1, 0.15) is 5.56 Å². The number of hydrogen-bond acceptors (Lipinski definition) is 3. The van der Waals surface area contributed by atoms with Crippen LogP contribution >= 0.6 is 11.3 Å². The summed E-state index contributed by atoms with van der Waals surface area (Å²) in [5.41, 5.74) is 7.64. The second-order valence-corrected chi connectivity index (χ2v) is 4.27. The first-order valence-electron chi connectivity index (χ1n) is 4.52. The fourth-order valence-electron chi connectivity index (χ4n) is 1.51. The van der Waals surface area contributed by atoms with Crippen LogP contribution in [-0.4, -0.2) is 11.1 Å². The van der Waals surface area contributed by atoms with Gasteiger partial charge in [0.15, 0.2) is 0 Å². The summed E-state index contributed by atoms with van der Waals surface area (Å²) in [5.74, 6) is 0. The Labute approximate surface area is 85.8 Å². The number of rotatable bonds is 2. The fourth-order valence-corrected chi connectivity index (χ4v) is 2.41. The molecule has 2 rings (SSSR count). The highest BCUT2D eigenvalue weighted by Gasteiger charge is 2.05. The summed E-state index contributed by atoms with van der Waals surface area (Å²) in [4.78, 5) is 11.6. The number of aryl methyl sites for hydroxylation is 1. The van der Waals surface area contributed by atoms with Crippen molar-refractivity contribution in [3.63, 3.8) is 0 Å². The lowest BCUT2D eigenvalue weighted by atomic mass is 10.2. The van der Waals surface area contributed by atoms with E-state index in [2.05, 4.69) is 0 Å². The molecule has 2 aromatic rings. The van der Waals surface area contributed by atoms with E-state index in [1.54, 1.807) is 4.57 Å². The van der Waals surface area contributed by atoms with Crippen LogP contribution in [0.4, 0.5) is 0 Å². The quantitative estimate of drug-likeness (QED) is 0.809. The van der Waals surface area contributed by atoms with Gasteiger partial charge in [-0.2, -0.15) is 0 Å². The molecule has 0 spiro atoms. The lowest BCUT2D eigenvalue weighted by Crippen LogP contribution is -2.18. The van der Waals surface area contributed by atoms with Crippen molar-refractivity contribution in [3.05, 3.63) is 33.4 Å². The number of nitrogens with zero attached hydrogens (tertiary/aromatic N) is 1. The van der Waals surface area contributed by atoms with Crippen LogP contribution in [0.5, 0.6) is 0 Å². The fraction of sp³-hybridized carbons (Fsp3) is 0.300. The molecule has 0 unspecified atom stereocenters. The Morgan fingerprint density at radius 2 is 2.29 bits per heavy atom. The Kier molecular flexibility index (Phi) is 2.39. The van der Waals surface area contributed by atoms with E-state index in [0.717, 1.165) is 10.2 Å². The van der Waals surface area contributed by atoms with Crippen LogP contribution in [0.15, 0.2) is 23.0 Å². The van der Waals surface area contributed by atoms with Gasteiger partial charge in [0, 0.05) is 13.1 Å². The van der Waals surface area contributed by atoms with Crippen molar-refractivity contribution in [1.29, 1.82) is 0 Å². The number of benzene rings is 1. The monoisotopic (exact) mass is 208 g/mol. The van der Waals surface area contributed by atoms with E-state index in [-0.39, 0.29) is 4.87 Å². The second kappa shape index (κ2) is 3.55. The zero-order valence-corrected chi connectivity index (χ0v) is 8.80. The SMILES string of the molecule is Cc1ccc2sc(=O)n(CCN)c2c1. The Morgan fingerprint density at radius 3 is 3.00 bits per heavy atom. The number of fused-ring (bicyclic) bond motifs is 1. The third-order valence-corrected chi connectivity index (χ3v) is 3.14. The van der Waals surface area contributed by atoms with Crippen LogP contribution in [0.3, 0.4) is 0 Å². The molecule has 0 fully saturated rings.